The molecule has 18 heavy (non-hydrogen) atoms. The average molecular weight is 258 g/mol. The standard InChI is InChI=1S/C15H14O2S/c16-9-8-11-5-3-7-15-13(11)10-12-4-1-2-6-14(12)18(15)17/h1-7,16H,8-10H2. The van der Waals surface area contributed by atoms with E-state index in [0.29, 0.717) is 6.42 Å². The first kappa shape index (κ1) is 11.6. The minimum atomic E-state index is -1.09. The summed E-state index contributed by atoms with van der Waals surface area (Å²) in [6, 6.07) is 13.8. The van der Waals surface area contributed by atoms with Gasteiger partial charge in [-0.25, -0.2) is 4.21 Å². The van der Waals surface area contributed by atoms with Crippen molar-refractivity contribution in [1.82, 2.24) is 0 Å². The lowest BCUT2D eigenvalue weighted by Crippen LogP contribution is -2.12. The lowest BCUT2D eigenvalue weighted by Gasteiger charge is -2.21. The van der Waals surface area contributed by atoms with Gasteiger partial charge in [0.05, 0.1) is 10.8 Å². The molecule has 0 bridgehead atoms. The summed E-state index contributed by atoms with van der Waals surface area (Å²) in [5.41, 5.74) is 3.37. The molecule has 2 nitrogen and oxygen atoms in total. The molecule has 0 saturated heterocycles. The van der Waals surface area contributed by atoms with Gasteiger partial charge in [-0.3, -0.25) is 0 Å². The molecule has 3 rings (SSSR count). The number of aliphatic hydroxyl groups excluding tert-OH is 1. The van der Waals surface area contributed by atoms with E-state index < -0.39 is 10.8 Å². The molecule has 1 unspecified atom stereocenters. The van der Waals surface area contributed by atoms with Crippen LogP contribution in [0.1, 0.15) is 16.7 Å². The van der Waals surface area contributed by atoms with Crippen molar-refractivity contribution >= 4 is 10.8 Å². The van der Waals surface area contributed by atoms with Gasteiger partial charge >= 0.3 is 0 Å². The summed E-state index contributed by atoms with van der Waals surface area (Å²) < 4.78 is 12.5. The van der Waals surface area contributed by atoms with Crippen molar-refractivity contribution in [2.45, 2.75) is 22.6 Å². The van der Waals surface area contributed by atoms with Gasteiger partial charge in [0.15, 0.2) is 0 Å². The molecule has 1 heterocycles. The molecule has 0 aromatic heterocycles. The normalized spacial score (nSPS) is 17.1. The Hall–Kier alpha value is -1.45. The van der Waals surface area contributed by atoms with Gasteiger partial charge in [-0.05, 0) is 35.2 Å². The Balaban J connectivity index is 2.16. The maximum atomic E-state index is 12.5. The van der Waals surface area contributed by atoms with Gasteiger partial charge in [-0.1, -0.05) is 30.3 Å². The van der Waals surface area contributed by atoms with Gasteiger partial charge < -0.3 is 5.11 Å². The quantitative estimate of drug-likeness (QED) is 0.766. The Morgan fingerprint density at radius 1 is 1.06 bits per heavy atom. The highest BCUT2D eigenvalue weighted by Crippen LogP contribution is 2.33. The van der Waals surface area contributed by atoms with E-state index in [1.54, 1.807) is 0 Å². The molecule has 2 aromatic carbocycles. The lowest BCUT2D eigenvalue weighted by molar-refractivity contribution is 0.299. The molecule has 0 saturated carbocycles. The minimum absolute atomic E-state index is 0.130. The van der Waals surface area contributed by atoms with Crippen LogP contribution in [0.5, 0.6) is 0 Å². The number of aliphatic hydroxyl groups is 1. The fourth-order valence-electron chi connectivity index (χ4n) is 2.48. The van der Waals surface area contributed by atoms with Gasteiger partial charge in [-0.15, -0.1) is 0 Å². The van der Waals surface area contributed by atoms with Crippen molar-refractivity contribution in [3.8, 4) is 0 Å². The highest BCUT2D eigenvalue weighted by atomic mass is 32.2. The minimum Gasteiger partial charge on any atom is -0.396 e. The lowest BCUT2D eigenvalue weighted by atomic mass is 9.97. The molecular weight excluding hydrogens is 244 g/mol. The summed E-state index contributed by atoms with van der Waals surface area (Å²) in [7, 11) is -1.09. The molecule has 0 aliphatic carbocycles. The van der Waals surface area contributed by atoms with E-state index in [4.69, 9.17) is 5.11 Å². The number of rotatable bonds is 2. The summed E-state index contributed by atoms with van der Waals surface area (Å²) in [6.07, 6.45) is 1.44. The van der Waals surface area contributed by atoms with E-state index in [0.717, 1.165) is 32.9 Å². The van der Waals surface area contributed by atoms with Crippen molar-refractivity contribution in [3.05, 3.63) is 59.2 Å². The average Bonchev–Trinajstić information content (AvgIpc) is 2.40. The third kappa shape index (κ3) is 1.80. The predicted molar refractivity (Wildman–Crippen MR) is 71.2 cm³/mol. The van der Waals surface area contributed by atoms with Crippen LogP contribution in [-0.2, 0) is 23.6 Å². The van der Waals surface area contributed by atoms with E-state index in [-0.39, 0.29) is 6.61 Å². The third-order valence-electron chi connectivity index (χ3n) is 3.35. The van der Waals surface area contributed by atoms with Crippen LogP contribution in [0.2, 0.25) is 0 Å². The van der Waals surface area contributed by atoms with Gasteiger partial charge in [0.1, 0.15) is 0 Å². The molecule has 1 atom stereocenters. The first-order valence-corrected chi connectivity index (χ1v) is 7.17. The summed E-state index contributed by atoms with van der Waals surface area (Å²) in [6.45, 7) is 0.130. The Morgan fingerprint density at radius 2 is 1.83 bits per heavy atom. The molecule has 0 fully saturated rings. The van der Waals surface area contributed by atoms with Crippen molar-refractivity contribution in [1.29, 1.82) is 0 Å². The van der Waals surface area contributed by atoms with Crippen LogP contribution in [0.3, 0.4) is 0 Å². The van der Waals surface area contributed by atoms with Crippen molar-refractivity contribution in [2.75, 3.05) is 6.61 Å². The highest BCUT2D eigenvalue weighted by molar-refractivity contribution is 7.85. The maximum absolute atomic E-state index is 12.5. The SMILES string of the molecule is O=S1c2ccccc2Cc2c(CCO)cccc21. The molecule has 2 aromatic rings. The van der Waals surface area contributed by atoms with Crippen molar-refractivity contribution in [2.24, 2.45) is 0 Å². The molecule has 92 valence electrons. The van der Waals surface area contributed by atoms with E-state index >= 15 is 0 Å². The van der Waals surface area contributed by atoms with E-state index in [1.807, 2.05) is 42.5 Å². The second-order valence-electron chi connectivity index (χ2n) is 4.42. The van der Waals surface area contributed by atoms with Gasteiger partial charge in [0.25, 0.3) is 0 Å². The number of hydrogen-bond donors (Lipinski definition) is 1. The smallest absolute Gasteiger partial charge is 0.0855 e. The number of fused-ring (bicyclic) bond motifs is 2. The predicted octanol–water partition coefficient (Wildman–Crippen LogP) is 2.29. The van der Waals surface area contributed by atoms with Crippen LogP contribution >= 0.6 is 0 Å². The summed E-state index contributed by atoms with van der Waals surface area (Å²) in [5.74, 6) is 0. The zero-order chi connectivity index (χ0) is 12.5. The highest BCUT2D eigenvalue weighted by Gasteiger charge is 2.23. The number of hydrogen-bond acceptors (Lipinski definition) is 2. The molecule has 1 aliphatic heterocycles. The fraction of sp³-hybridized carbons (Fsp3) is 0.200. The van der Waals surface area contributed by atoms with Gasteiger partial charge in [0, 0.05) is 22.8 Å². The second-order valence-corrected chi connectivity index (χ2v) is 5.84. The molecule has 0 amide bonds. The summed E-state index contributed by atoms with van der Waals surface area (Å²) >= 11 is 0. The monoisotopic (exact) mass is 258 g/mol. The van der Waals surface area contributed by atoms with Crippen molar-refractivity contribution in [3.63, 3.8) is 0 Å². The molecule has 0 radical (unpaired) electrons. The zero-order valence-electron chi connectivity index (χ0n) is 9.93. The van der Waals surface area contributed by atoms with Crippen LogP contribution in [-0.4, -0.2) is 15.9 Å². The maximum Gasteiger partial charge on any atom is 0.0855 e. The fourth-order valence-corrected chi connectivity index (χ4v) is 3.93. The second kappa shape index (κ2) is 4.67. The Morgan fingerprint density at radius 3 is 2.67 bits per heavy atom. The van der Waals surface area contributed by atoms with E-state index in [9.17, 15) is 4.21 Å². The Labute approximate surface area is 109 Å². The van der Waals surface area contributed by atoms with E-state index in [2.05, 4.69) is 0 Å². The zero-order valence-corrected chi connectivity index (χ0v) is 10.7. The van der Waals surface area contributed by atoms with E-state index in [1.165, 1.54) is 0 Å². The van der Waals surface area contributed by atoms with Crippen LogP contribution in [0.25, 0.3) is 0 Å². The van der Waals surface area contributed by atoms with Crippen LogP contribution < -0.4 is 0 Å². The third-order valence-corrected chi connectivity index (χ3v) is 4.93. The first-order chi connectivity index (χ1) is 8.81. The molecule has 1 N–H and O–H groups in total. The topological polar surface area (TPSA) is 37.3 Å². The van der Waals surface area contributed by atoms with Crippen LogP contribution in [0, 0.1) is 0 Å². The molecule has 3 heteroatoms. The summed E-state index contributed by atoms with van der Waals surface area (Å²) in [4.78, 5) is 1.82. The Bertz CT molecular complexity index is 620. The van der Waals surface area contributed by atoms with Crippen LogP contribution in [0.15, 0.2) is 52.3 Å². The Kier molecular flexibility index (Phi) is 3.02. The number of benzene rings is 2. The summed E-state index contributed by atoms with van der Waals surface area (Å²) in [5, 5.41) is 9.11. The molecule has 0 spiro atoms. The molecule has 1 aliphatic rings. The largest absolute Gasteiger partial charge is 0.396 e. The van der Waals surface area contributed by atoms with Crippen molar-refractivity contribution < 1.29 is 9.32 Å². The molecular formula is C15H14O2S. The van der Waals surface area contributed by atoms with Crippen LogP contribution in [0.4, 0.5) is 0 Å². The van der Waals surface area contributed by atoms with Gasteiger partial charge in [0.2, 0.25) is 0 Å². The van der Waals surface area contributed by atoms with Gasteiger partial charge in [-0.2, -0.15) is 0 Å². The first-order valence-electron chi connectivity index (χ1n) is 6.02.